The Morgan fingerprint density at radius 1 is 1.24 bits per heavy atom. The van der Waals surface area contributed by atoms with Crippen molar-refractivity contribution < 1.29 is 26.9 Å². The van der Waals surface area contributed by atoms with Gasteiger partial charge < -0.3 is 18.6 Å². The fourth-order valence-electron chi connectivity index (χ4n) is 2.65. The lowest BCUT2D eigenvalue weighted by Gasteiger charge is -2.31. The lowest BCUT2D eigenvalue weighted by atomic mass is 9.84. The molecule has 0 heterocycles. The molecule has 1 aromatic rings. The third-order valence-electron chi connectivity index (χ3n) is 4.17. The molecule has 0 radical (unpaired) electrons. The summed E-state index contributed by atoms with van der Waals surface area (Å²) in [5, 5.41) is 0. The van der Waals surface area contributed by atoms with Crippen LogP contribution in [0.1, 0.15) is 24.8 Å². The standard InChI is InChI=1S/C17H25NO6S/c1-22-10-9-18(17(19)14-5-4-6-14)12-13-7-8-15(23-2)16(11-13)24-25(3,20)21/h7-8,11,14H,4-6,9-10,12H2,1-3H3. The molecule has 0 spiro atoms. The highest BCUT2D eigenvalue weighted by Crippen LogP contribution is 2.31. The highest BCUT2D eigenvalue weighted by Gasteiger charge is 2.29. The van der Waals surface area contributed by atoms with Crippen LogP contribution in [0.3, 0.4) is 0 Å². The van der Waals surface area contributed by atoms with Crippen molar-refractivity contribution in [1.29, 1.82) is 0 Å². The molecule has 1 aliphatic rings. The van der Waals surface area contributed by atoms with Gasteiger partial charge in [0.25, 0.3) is 0 Å². The first-order chi connectivity index (χ1) is 11.8. The predicted molar refractivity (Wildman–Crippen MR) is 93.1 cm³/mol. The van der Waals surface area contributed by atoms with Gasteiger partial charge in [0.15, 0.2) is 11.5 Å². The zero-order chi connectivity index (χ0) is 18.4. The number of hydrogen-bond acceptors (Lipinski definition) is 6. The lowest BCUT2D eigenvalue weighted by molar-refractivity contribution is -0.139. The summed E-state index contributed by atoms with van der Waals surface area (Å²) in [6.45, 7) is 1.30. The van der Waals surface area contributed by atoms with Crippen molar-refractivity contribution in [3.8, 4) is 11.5 Å². The second kappa shape index (κ2) is 8.53. The molecule has 1 fully saturated rings. The molecule has 0 saturated heterocycles. The van der Waals surface area contributed by atoms with Gasteiger partial charge in [-0.05, 0) is 30.5 Å². The van der Waals surface area contributed by atoms with Crippen molar-refractivity contribution in [1.82, 2.24) is 4.90 Å². The van der Waals surface area contributed by atoms with Gasteiger partial charge in [0, 0.05) is 26.1 Å². The molecule has 1 amide bonds. The van der Waals surface area contributed by atoms with Crippen LogP contribution in [0.25, 0.3) is 0 Å². The van der Waals surface area contributed by atoms with Gasteiger partial charge in [-0.25, -0.2) is 0 Å². The van der Waals surface area contributed by atoms with Gasteiger partial charge in [-0.3, -0.25) is 4.79 Å². The molecule has 0 bridgehead atoms. The first-order valence-electron chi connectivity index (χ1n) is 8.18. The Morgan fingerprint density at radius 3 is 2.48 bits per heavy atom. The van der Waals surface area contributed by atoms with Crippen molar-refractivity contribution in [2.24, 2.45) is 5.92 Å². The van der Waals surface area contributed by atoms with Crippen LogP contribution < -0.4 is 8.92 Å². The number of methoxy groups -OCH3 is 2. The summed E-state index contributed by atoms with van der Waals surface area (Å²) < 4.78 is 38.1. The second-order valence-corrected chi connectivity index (χ2v) is 7.73. The average molecular weight is 371 g/mol. The molecule has 0 aliphatic heterocycles. The monoisotopic (exact) mass is 371 g/mol. The van der Waals surface area contributed by atoms with E-state index in [4.69, 9.17) is 13.7 Å². The Labute approximate surface area is 149 Å². The maximum Gasteiger partial charge on any atom is 0.306 e. The molecule has 0 aromatic heterocycles. The van der Waals surface area contributed by atoms with E-state index in [0.29, 0.717) is 25.4 Å². The van der Waals surface area contributed by atoms with Crippen molar-refractivity contribution in [3.05, 3.63) is 23.8 Å². The van der Waals surface area contributed by atoms with E-state index in [1.54, 1.807) is 30.2 Å². The molecule has 0 unspecified atom stereocenters. The lowest BCUT2D eigenvalue weighted by Crippen LogP contribution is -2.40. The molecular weight excluding hydrogens is 346 g/mol. The summed E-state index contributed by atoms with van der Waals surface area (Å²) in [5.74, 6) is 0.639. The zero-order valence-corrected chi connectivity index (χ0v) is 15.7. The normalized spacial score (nSPS) is 14.7. The molecule has 0 N–H and O–H groups in total. The molecule has 25 heavy (non-hydrogen) atoms. The first kappa shape index (κ1) is 19.5. The van der Waals surface area contributed by atoms with Crippen LogP contribution in [0.4, 0.5) is 0 Å². The van der Waals surface area contributed by atoms with Crippen LogP contribution in [-0.4, -0.2) is 52.9 Å². The Morgan fingerprint density at radius 2 is 1.96 bits per heavy atom. The second-order valence-electron chi connectivity index (χ2n) is 6.15. The molecule has 1 aliphatic carbocycles. The smallest absolute Gasteiger partial charge is 0.306 e. The van der Waals surface area contributed by atoms with Gasteiger partial charge in [-0.15, -0.1) is 0 Å². The maximum absolute atomic E-state index is 12.6. The van der Waals surface area contributed by atoms with Gasteiger partial charge in [0.05, 0.1) is 20.0 Å². The summed E-state index contributed by atoms with van der Waals surface area (Å²) in [7, 11) is -0.640. The SMILES string of the molecule is COCCN(Cc1ccc(OC)c(OS(C)(=O)=O)c1)C(=O)C1CCC1. The van der Waals surface area contributed by atoms with Crippen molar-refractivity contribution in [2.45, 2.75) is 25.8 Å². The van der Waals surface area contributed by atoms with Crippen LogP contribution in [-0.2, 0) is 26.2 Å². The van der Waals surface area contributed by atoms with Crippen LogP contribution in [0, 0.1) is 5.92 Å². The Kier molecular flexibility index (Phi) is 6.66. The summed E-state index contributed by atoms with van der Waals surface area (Å²) in [6.07, 6.45) is 3.91. The third-order valence-corrected chi connectivity index (χ3v) is 4.66. The Hall–Kier alpha value is -1.80. The maximum atomic E-state index is 12.6. The van der Waals surface area contributed by atoms with Crippen LogP contribution in [0.5, 0.6) is 11.5 Å². The van der Waals surface area contributed by atoms with E-state index in [0.717, 1.165) is 31.1 Å². The minimum Gasteiger partial charge on any atom is -0.493 e. The minimum atomic E-state index is -3.67. The van der Waals surface area contributed by atoms with Gasteiger partial charge in [0.1, 0.15) is 0 Å². The van der Waals surface area contributed by atoms with Crippen molar-refractivity contribution in [3.63, 3.8) is 0 Å². The van der Waals surface area contributed by atoms with Crippen LogP contribution in [0.15, 0.2) is 18.2 Å². The van der Waals surface area contributed by atoms with Gasteiger partial charge >= 0.3 is 10.1 Å². The van der Waals surface area contributed by atoms with E-state index < -0.39 is 10.1 Å². The van der Waals surface area contributed by atoms with Gasteiger partial charge in [0.2, 0.25) is 5.91 Å². The van der Waals surface area contributed by atoms with E-state index in [2.05, 4.69) is 0 Å². The molecule has 7 nitrogen and oxygen atoms in total. The fourth-order valence-corrected chi connectivity index (χ4v) is 3.11. The number of hydrogen-bond donors (Lipinski definition) is 0. The topological polar surface area (TPSA) is 82.1 Å². The van der Waals surface area contributed by atoms with Crippen LogP contribution >= 0.6 is 0 Å². The summed E-state index contributed by atoms with van der Waals surface area (Å²) >= 11 is 0. The molecule has 2 rings (SSSR count). The van der Waals surface area contributed by atoms with Crippen LogP contribution in [0.2, 0.25) is 0 Å². The van der Waals surface area contributed by atoms with E-state index in [-0.39, 0.29) is 17.6 Å². The zero-order valence-electron chi connectivity index (χ0n) is 14.9. The van der Waals surface area contributed by atoms with Gasteiger partial charge in [-0.1, -0.05) is 12.5 Å². The molecule has 8 heteroatoms. The van der Waals surface area contributed by atoms with Gasteiger partial charge in [-0.2, -0.15) is 8.42 Å². The average Bonchev–Trinajstić information content (AvgIpc) is 2.48. The fraction of sp³-hybridized carbons (Fsp3) is 0.588. The Balaban J connectivity index is 2.19. The Bertz CT molecular complexity index is 699. The first-order valence-corrected chi connectivity index (χ1v) is 10.00. The van der Waals surface area contributed by atoms with E-state index in [1.165, 1.54) is 7.11 Å². The minimum absolute atomic E-state index is 0.0850. The van der Waals surface area contributed by atoms with Crippen molar-refractivity contribution in [2.75, 3.05) is 33.6 Å². The molecule has 1 aromatic carbocycles. The number of nitrogens with zero attached hydrogens (tertiary/aromatic N) is 1. The molecule has 0 atom stereocenters. The summed E-state index contributed by atoms with van der Waals surface area (Å²) in [5.41, 5.74) is 0.767. The predicted octanol–water partition coefficient (Wildman–Crippen LogP) is 1.81. The number of amides is 1. The van der Waals surface area contributed by atoms with Crippen molar-refractivity contribution >= 4 is 16.0 Å². The quantitative estimate of drug-likeness (QED) is 0.616. The molecule has 1 saturated carbocycles. The molecule has 140 valence electrons. The third kappa shape index (κ3) is 5.61. The summed E-state index contributed by atoms with van der Waals surface area (Å²) in [4.78, 5) is 14.3. The number of ether oxygens (including phenoxy) is 2. The number of rotatable bonds is 9. The van der Waals surface area contributed by atoms with E-state index in [9.17, 15) is 13.2 Å². The van der Waals surface area contributed by atoms with E-state index >= 15 is 0 Å². The molecular formula is C17H25NO6S. The van der Waals surface area contributed by atoms with E-state index in [1.807, 2.05) is 0 Å². The number of carbonyl (C=O) groups excluding carboxylic acids is 1. The highest BCUT2D eigenvalue weighted by molar-refractivity contribution is 7.86. The number of carbonyl (C=O) groups is 1. The largest absolute Gasteiger partial charge is 0.493 e. The summed E-state index contributed by atoms with van der Waals surface area (Å²) in [6, 6.07) is 5.02. The number of benzene rings is 1. The highest BCUT2D eigenvalue weighted by atomic mass is 32.2.